The summed E-state index contributed by atoms with van der Waals surface area (Å²) in [6, 6.07) is 17.0. The van der Waals surface area contributed by atoms with Crippen molar-refractivity contribution in [2.24, 2.45) is 4.99 Å². The molecule has 3 aromatic rings. The van der Waals surface area contributed by atoms with Crippen molar-refractivity contribution < 1.29 is 17.3 Å². The van der Waals surface area contributed by atoms with Crippen LogP contribution in [0.2, 0.25) is 5.02 Å². The number of aryl methyl sites for hydroxylation is 2. The number of halogens is 1. The van der Waals surface area contributed by atoms with Gasteiger partial charge in [0.2, 0.25) is 5.75 Å². The Hall–Kier alpha value is -2.83. The van der Waals surface area contributed by atoms with Crippen LogP contribution in [0.25, 0.3) is 0 Å². The summed E-state index contributed by atoms with van der Waals surface area (Å²) >= 11 is 6.36. The van der Waals surface area contributed by atoms with E-state index in [0.29, 0.717) is 12.2 Å². The average Bonchev–Trinajstić information content (AvgIpc) is 2.72. The Labute approximate surface area is 182 Å². The van der Waals surface area contributed by atoms with E-state index < -0.39 is 10.1 Å². The van der Waals surface area contributed by atoms with E-state index in [1.54, 1.807) is 43.5 Å². The normalized spacial score (nSPS) is 11.6. The van der Waals surface area contributed by atoms with Gasteiger partial charge in [0, 0.05) is 6.21 Å². The molecule has 0 aromatic heterocycles. The third-order valence-electron chi connectivity index (χ3n) is 4.41. The number of ether oxygens (including phenoxy) is 1. The van der Waals surface area contributed by atoms with E-state index in [1.165, 1.54) is 17.7 Å². The van der Waals surface area contributed by atoms with Gasteiger partial charge >= 0.3 is 10.1 Å². The first-order chi connectivity index (χ1) is 14.3. The first-order valence-corrected chi connectivity index (χ1v) is 11.2. The van der Waals surface area contributed by atoms with Gasteiger partial charge in [0.05, 0.1) is 17.3 Å². The minimum atomic E-state index is -4.05. The summed E-state index contributed by atoms with van der Waals surface area (Å²) in [5, 5.41) is 0.113. The molecule has 0 bridgehead atoms. The third kappa shape index (κ3) is 5.20. The van der Waals surface area contributed by atoms with Crippen LogP contribution in [0.5, 0.6) is 11.5 Å². The van der Waals surface area contributed by atoms with E-state index in [-0.39, 0.29) is 21.4 Å². The maximum atomic E-state index is 12.6. The minimum Gasteiger partial charge on any atom is -0.490 e. The molecule has 0 heterocycles. The average molecular weight is 444 g/mol. The molecule has 0 saturated carbocycles. The Morgan fingerprint density at radius 1 is 1.00 bits per heavy atom. The molecule has 0 radical (unpaired) electrons. The summed E-state index contributed by atoms with van der Waals surface area (Å²) in [7, 11) is -4.05. The number of hydrogen-bond acceptors (Lipinski definition) is 5. The van der Waals surface area contributed by atoms with Gasteiger partial charge in [0.15, 0.2) is 5.75 Å². The molecule has 0 fully saturated rings. The fourth-order valence-corrected chi connectivity index (χ4v) is 3.99. The smallest absolute Gasteiger partial charge is 0.339 e. The highest BCUT2D eigenvalue weighted by Crippen LogP contribution is 2.38. The molecule has 30 heavy (non-hydrogen) atoms. The quantitative estimate of drug-likeness (QED) is 0.338. The molecule has 0 N–H and O–H groups in total. The Balaban J connectivity index is 1.94. The van der Waals surface area contributed by atoms with Crippen LogP contribution in [0, 0.1) is 13.8 Å². The third-order valence-corrected chi connectivity index (χ3v) is 5.93. The molecule has 3 aromatic carbocycles. The number of nitrogens with zero attached hydrogens (tertiary/aromatic N) is 1. The fourth-order valence-electron chi connectivity index (χ4n) is 2.71. The van der Waals surface area contributed by atoms with E-state index in [1.807, 2.05) is 32.0 Å². The highest BCUT2D eigenvalue weighted by Gasteiger charge is 2.22. The van der Waals surface area contributed by atoms with Gasteiger partial charge in [-0.1, -0.05) is 35.9 Å². The lowest BCUT2D eigenvalue weighted by Crippen LogP contribution is -2.11. The predicted molar refractivity (Wildman–Crippen MR) is 120 cm³/mol. The largest absolute Gasteiger partial charge is 0.490 e. The van der Waals surface area contributed by atoms with Crippen LogP contribution in [-0.4, -0.2) is 21.2 Å². The van der Waals surface area contributed by atoms with Crippen molar-refractivity contribution in [3.8, 4) is 11.5 Å². The van der Waals surface area contributed by atoms with Crippen LogP contribution < -0.4 is 8.92 Å². The lowest BCUT2D eigenvalue weighted by Gasteiger charge is -2.14. The monoisotopic (exact) mass is 443 g/mol. The lowest BCUT2D eigenvalue weighted by atomic mass is 10.1. The molecule has 0 aliphatic carbocycles. The Morgan fingerprint density at radius 3 is 2.40 bits per heavy atom. The van der Waals surface area contributed by atoms with E-state index >= 15 is 0 Å². The molecule has 5 nitrogen and oxygen atoms in total. The van der Waals surface area contributed by atoms with Gasteiger partial charge < -0.3 is 8.92 Å². The van der Waals surface area contributed by atoms with Crippen molar-refractivity contribution in [2.45, 2.75) is 25.7 Å². The molecule has 0 unspecified atom stereocenters. The van der Waals surface area contributed by atoms with Crippen LogP contribution in [0.4, 0.5) is 5.69 Å². The molecule has 156 valence electrons. The summed E-state index contributed by atoms with van der Waals surface area (Å²) < 4.78 is 36.1. The zero-order chi connectivity index (χ0) is 21.7. The molecular formula is C23H22ClNO4S. The fraction of sp³-hybridized carbons (Fsp3) is 0.174. The molecule has 0 aliphatic heterocycles. The molecular weight excluding hydrogens is 422 g/mol. The molecule has 3 rings (SSSR count). The summed E-state index contributed by atoms with van der Waals surface area (Å²) in [4.78, 5) is 4.51. The summed E-state index contributed by atoms with van der Waals surface area (Å²) in [5.74, 6) is 0.178. The van der Waals surface area contributed by atoms with Gasteiger partial charge in [-0.05, 0) is 73.9 Å². The molecule has 7 heteroatoms. The first-order valence-electron chi connectivity index (χ1n) is 9.37. The predicted octanol–water partition coefficient (Wildman–Crippen LogP) is 5.87. The lowest BCUT2D eigenvalue weighted by molar-refractivity contribution is 0.327. The molecule has 0 saturated heterocycles. The van der Waals surface area contributed by atoms with E-state index in [2.05, 4.69) is 4.99 Å². The van der Waals surface area contributed by atoms with Gasteiger partial charge in [0.1, 0.15) is 4.90 Å². The van der Waals surface area contributed by atoms with Crippen LogP contribution in [0.15, 0.2) is 70.6 Å². The first kappa shape index (κ1) is 21.9. The second-order valence-corrected chi connectivity index (χ2v) is 8.59. The van der Waals surface area contributed by atoms with E-state index in [4.69, 9.17) is 20.5 Å². The second-order valence-electron chi connectivity index (χ2n) is 6.64. The zero-order valence-electron chi connectivity index (χ0n) is 16.9. The van der Waals surface area contributed by atoms with Crippen molar-refractivity contribution in [3.05, 3.63) is 82.4 Å². The number of aliphatic imine (C=N–C) groups is 1. The van der Waals surface area contributed by atoms with Crippen LogP contribution in [0.1, 0.15) is 23.6 Å². The van der Waals surface area contributed by atoms with Gasteiger partial charge in [-0.2, -0.15) is 8.42 Å². The number of hydrogen-bond donors (Lipinski definition) is 0. The molecule has 0 spiro atoms. The molecule has 0 amide bonds. The Morgan fingerprint density at radius 2 is 1.73 bits per heavy atom. The summed E-state index contributed by atoms with van der Waals surface area (Å²) in [5.41, 5.74) is 3.80. The SMILES string of the molecule is CCOc1cc(C=Nc2ccc(C)c(C)c2)cc(Cl)c1OS(=O)(=O)c1ccccc1. The molecule has 0 aliphatic rings. The highest BCUT2D eigenvalue weighted by molar-refractivity contribution is 7.87. The maximum absolute atomic E-state index is 12.6. The Bertz CT molecular complexity index is 1180. The second kappa shape index (κ2) is 9.32. The van der Waals surface area contributed by atoms with Gasteiger partial charge in [-0.3, -0.25) is 4.99 Å². The van der Waals surface area contributed by atoms with Gasteiger partial charge in [0.25, 0.3) is 0 Å². The standard InChI is InChI=1S/C23H22ClNO4S/c1-4-28-22-14-18(15-25-19-11-10-16(2)17(3)12-19)13-21(24)23(22)29-30(26,27)20-8-6-5-7-9-20/h5-15H,4H2,1-3H3. The van der Waals surface area contributed by atoms with Crippen molar-refractivity contribution in [1.29, 1.82) is 0 Å². The van der Waals surface area contributed by atoms with Gasteiger partial charge in [-0.25, -0.2) is 0 Å². The topological polar surface area (TPSA) is 65.0 Å². The van der Waals surface area contributed by atoms with E-state index in [9.17, 15) is 8.42 Å². The van der Waals surface area contributed by atoms with Crippen LogP contribution >= 0.6 is 11.6 Å². The Kier molecular flexibility index (Phi) is 6.80. The molecule has 0 atom stereocenters. The maximum Gasteiger partial charge on any atom is 0.339 e. The van der Waals surface area contributed by atoms with Gasteiger partial charge in [-0.15, -0.1) is 0 Å². The van der Waals surface area contributed by atoms with Crippen molar-refractivity contribution in [3.63, 3.8) is 0 Å². The van der Waals surface area contributed by atoms with Crippen molar-refractivity contribution in [2.75, 3.05) is 6.61 Å². The highest BCUT2D eigenvalue weighted by atomic mass is 35.5. The summed E-state index contributed by atoms with van der Waals surface area (Å²) in [6.45, 7) is 6.17. The number of benzene rings is 3. The van der Waals surface area contributed by atoms with Crippen LogP contribution in [-0.2, 0) is 10.1 Å². The van der Waals surface area contributed by atoms with Crippen molar-refractivity contribution >= 4 is 33.6 Å². The van der Waals surface area contributed by atoms with Crippen molar-refractivity contribution in [1.82, 2.24) is 0 Å². The summed E-state index contributed by atoms with van der Waals surface area (Å²) in [6.07, 6.45) is 1.65. The number of rotatable bonds is 7. The van der Waals surface area contributed by atoms with E-state index in [0.717, 1.165) is 11.3 Å². The van der Waals surface area contributed by atoms with Crippen LogP contribution in [0.3, 0.4) is 0 Å². The minimum absolute atomic E-state index is 0.0314. The zero-order valence-corrected chi connectivity index (χ0v) is 18.5.